The summed E-state index contributed by atoms with van der Waals surface area (Å²) in [6, 6.07) is 9.24. The van der Waals surface area contributed by atoms with Gasteiger partial charge >= 0.3 is 0 Å². The van der Waals surface area contributed by atoms with Crippen molar-refractivity contribution in [2.75, 3.05) is 13.1 Å². The van der Waals surface area contributed by atoms with E-state index in [1.807, 2.05) is 6.20 Å². The molecule has 130 valence electrons. The van der Waals surface area contributed by atoms with Crippen molar-refractivity contribution in [3.05, 3.63) is 52.7 Å². The number of pyridine rings is 1. The number of hydrogen-bond donors (Lipinski definition) is 1. The molecule has 1 aliphatic rings. The summed E-state index contributed by atoms with van der Waals surface area (Å²) in [5.41, 5.74) is 13.6. The van der Waals surface area contributed by atoms with Crippen LogP contribution in [0.4, 0.5) is 0 Å². The molecule has 3 rings (SSSR count). The van der Waals surface area contributed by atoms with Crippen LogP contribution in [0.2, 0.25) is 0 Å². The first-order chi connectivity index (χ1) is 11.0. The minimum atomic E-state index is 0. The van der Waals surface area contributed by atoms with Gasteiger partial charge in [0.05, 0.1) is 5.69 Å². The Morgan fingerprint density at radius 2 is 1.71 bits per heavy atom. The van der Waals surface area contributed by atoms with Gasteiger partial charge in [-0.3, -0.25) is 9.88 Å². The SMILES string of the molecule is C.Cc1cc(-c2cc(CN3CCC(N)CC3)ccn2)cc(C)c1C. The number of piperidine rings is 1. The lowest BCUT2D eigenvalue weighted by atomic mass is 9.98. The van der Waals surface area contributed by atoms with E-state index in [4.69, 9.17) is 5.73 Å². The van der Waals surface area contributed by atoms with Crippen LogP contribution in [0.3, 0.4) is 0 Å². The number of aryl methyl sites for hydroxylation is 2. The number of nitrogens with two attached hydrogens (primary N) is 1. The maximum atomic E-state index is 5.99. The molecule has 0 spiro atoms. The predicted octanol–water partition coefficient (Wildman–Crippen LogP) is 4.23. The Bertz CT molecular complexity index is 662. The summed E-state index contributed by atoms with van der Waals surface area (Å²) >= 11 is 0. The molecule has 2 N–H and O–H groups in total. The smallest absolute Gasteiger partial charge is 0.0705 e. The zero-order chi connectivity index (χ0) is 16.4. The van der Waals surface area contributed by atoms with E-state index >= 15 is 0 Å². The first-order valence-electron chi connectivity index (χ1n) is 8.54. The van der Waals surface area contributed by atoms with Crippen LogP contribution in [0, 0.1) is 20.8 Å². The lowest BCUT2D eigenvalue weighted by Gasteiger charge is -2.30. The molecule has 3 heteroatoms. The molecule has 1 aromatic heterocycles. The third-order valence-corrected chi connectivity index (χ3v) is 5.09. The second-order valence-corrected chi connectivity index (χ2v) is 6.90. The lowest BCUT2D eigenvalue weighted by molar-refractivity contribution is 0.205. The fraction of sp³-hybridized carbons (Fsp3) is 0.476. The van der Waals surface area contributed by atoms with Gasteiger partial charge in [0, 0.05) is 24.3 Å². The summed E-state index contributed by atoms with van der Waals surface area (Å²) in [4.78, 5) is 7.08. The Morgan fingerprint density at radius 3 is 2.33 bits per heavy atom. The molecule has 0 aliphatic carbocycles. The lowest BCUT2D eigenvalue weighted by Crippen LogP contribution is -2.39. The number of likely N-dealkylation sites (tertiary alicyclic amines) is 1. The molecule has 2 heterocycles. The number of nitrogens with zero attached hydrogens (tertiary/aromatic N) is 2. The zero-order valence-corrected chi connectivity index (χ0v) is 14.5. The normalized spacial score (nSPS) is 16.0. The van der Waals surface area contributed by atoms with Crippen LogP contribution in [0.25, 0.3) is 11.3 Å². The van der Waals surface area contributed by atoms with Crippen molar-refractivity contribution < 1.29 is 0 Å². The summed E-state index contributed by atoms with van der Waals surface area (Å²) in [7, 11) is 0. The van der Waals surface area contributed by atoms with Crippen LogP contribution < -0.4 is 5.73 Å². The van der Waals surface area contributed by atoms with Gasteiger partial charge in [-0.15, -0.1) is 0 Å². The molecule has 0 unspecified atom stereocenters. The molecular weight excluding hydrogens is 294 g/mol. The van der Waals surface area contributed by atoms with Crippen LogP contribution in [0.15, 0.2) is 30.5 Å². The van der Waals surface area contributed by atoms with E-state index in [2.05, 4.69) is 54.9 Å². The third-order valence-electron chi connectivity index (χ3n) is 5.09. The van der Waals surface area contributed by atoms with E-state index in [-0.39, 0.29) is 7.43 Å². The Labute approximate surface area is 146 Å². The highest BCUT2D eigenvalue weighted by Gasteiger charge is 2.16. The van der Waals surface area contributed by atoms with Crippen molar-refractivity contribution >= 4 is 0 Å². The molecule has 1 fully saturated rings. The average molecular weight is 326 g/mol. The summed E-state index contributed by atoms with van der Waals surface area (Å²) in [6.07, 6.45) is 4.15. The molecule has 1 aliphatic heterocycles. The van der Waals surface area contributed by atoms with Crippen molar-refractivity contribution in [2.45, 2.75) is 53.6 Å². The van der Waals surface area contributed by atoms with Crippen molar-refractivity contribution in [3.63, 3.8) is 0 Å². The van der Waals surface area contributed by atoms with Gasteiger partial charge in [-0.1, -0.05) is 7.43 Å². The number of rotatable bonds is 3. The molecular formula is C21H31N3. The molecule has 0 bridgehead atoms. The third kappa shape index (κ3) is 4.22. The summed E-state index contributed by atoms with van der Waals surface area (Å²) in [6.45, 7) is 9.72. The van der Waals surface area contributed by atoms with E-state index in [1.54, 1.807) is 0 Å². The maximum absolute atomic E-state index is 5.99. The molecule has 0 saturated carbocycles. The van der Waals surface area contributed by atoms with Crippen LogP contribution >= 0.6 is 0 Å². The van der Waals surface area contributed by atoms with Crippen LogP contribution in [-0.4, -0.2) is 29.0 Å². The van der Waals surface area contributed by atoms with Crippen molar-refractivity contribution in [2.24, 2.45) is 5.73 Å². The van der Waals surface area contributed by atoms with Gasteiger partial charge in [-0.2, -0.15) is 0 Å². The Balaban J connectivity index is 0.00000208. The summed E-state index contributed by atoms with van der Waals surface area (Å²) in [5.74, 6) is 0. The number of benzene rings is 1. The molecule has 0 atom stereocenters. The quantitative estimate of drug-likeness (QED) is 0.918. The van der Waals surface area contributed by atoms with E-state index in [0.717, 1.165) is 38.2 Å². The van der Waals surface area contributed by atoms with Crippen LogP contribution in [0.1, 0.15) is 42.5 Å². The fourth-order valence-electron chi connectivity index (χ4n) is 3.28. The van der Waals surface area contributed by atoms with Gasteiger partial charge in [0.15, 0.2) is 0 Å². The highest BCUT2D eigenvalue weighted by atomic mass is 15.1. The highest BCUT2D eigenvalue weighted by Crippen LogP contribution is 2.24. The molecule has 2 aromatic rings. The van der Waals surface area contributed by atoms with Gasteiger partial charge in [0.1, 0.15) is 0 Å². The van der Waals surface area contributed by atoms with Crippen molar-refractivity contribution in [1.29, 1.82) is 0 Å². The van der Waals surface area contributed by atoms with E-state index in [1.165, 1.54) is 27.8 Å². The Hall–Kier alpha value is -1.71. The summed E-state index contributed by atoms with van der Waals surface area (Å²) < 4.78 is 0. The minimum Gasteiger partial charge on any atom is -0.328 e. The molecule has 3 nitrogen and oxygen atoms in total. The number of aromatic nitrogens is 1. The Morgan fingerprint density at radius 1 is 1.08 bits per heavy atom. The molecule has 0 amide bonds. The summed E-state index contributed by atoms with van der Waals surface area (Å²) in [5, 5.41) is 0. The zero-order valence-electron chi connectivity index (χ0n) is 14.5. The Kier molecular flexibility index (Phi) is 6.14. The maximum Gasteiger partial charge on any atom is 0.0705 e. The predicted molar refractivity (Wildman–Crippen MR) is 103 cm³/mol. The van der Waals surface area contributed by atoms with Gasteiger partial charge in [-0.25, -0.2) is 0 Å². The monoisotopic (exact) mass is 325 g/mol. The van der Waals surface area contributed by atoms with Gasteiger partial charge in [-0.05, 0) is 93.2 Å². The van der Waals surface area contributed by atoms with Gasteiger partial charge in [0.25, 0.3) is 0 Å². The standard InChI is InChI=1S/C20H27N3.CH4/c1-14-10-18(11-15(2)16(14)3)20-12-17(4-7-22-20)13-23-8-5-19(21)6-9-23;/h4,7,10-12,19H,5-6,8-9,13,21H2,1-3H3;1H4. The first-order valence-corrected chi connectivity index (χ1v) is 8.54. The van der Waals surface area contributed by atoms with Crippen molar-refractivity contribution in [3.8, 4) is 11.3 Å². The molecule has 1 saturated heterocycles. The second-order valence-electron chi connectivity index (χ2n) is 6.90. The minimum absolute atomic E-state index is 0. The largest absolute Gasteiger partial charge is 0.328 e. The van der Waals surface area contributed by atoms with Crippen LogP contribution in [0.5, 0.6) is 0 Å². The van der Waals surface area contributed by atoms with Gasteiger partial charge < -0.3 is 5.73 Å². The topological polar surface area (TPSA) is 42.1 Å². The van der Waals surface area contributed by atoms with Crippen molar-refractivity contribution in [1.82, 2.24) is 9.88 Å². The highest BCUT2D eigenvalue weighted by molar-refractivity contribution is 5.63. The van der Waals surface area contributed by atoms with E-state index in [9.17, 15) is 0 Å². The molecule has 0 radical (unpaired) electrons. The molecule has 1 aromatic carbocycles. The first kappa shape index (κ1) is 18.6. The second kappa shape index (κ2) is 7.91. The molecule has 24 heavy (non-hydrogen) atoms. The number of hydrogen-bond acceptors (Lipinski definition) is 3. The van der Waals surface area contributed by atoms with Gasteiger partial charge in [0.2, 0.25) is 0 Å². The van der Waals surface area contributed by atoms with E-state index < -0.39 is 0 Å². The average Bonchev–Trinajstić information content (AvgIpc) is 2.54. The fourth-order valence-corrected chi connectivity index (χ4v) is 3.28. The van der Waals surface area contributed by atoms with E-state index in [0.29, 0.717) is 6.04 Å². The van der Waals surface area contributed by atoms with Crippen LogP contribution in [-0.2, 0) is 6.54 Å².